The maximum Gasteiger partial charge on any atom is 0.255 e. The molecule has 2 aliphatic heterocycles. The van der Waals surface area contributed by atoms with Gasteiger partial charge in [-0.25, -0.2) is 0 Å². The predicted molar refractivity (Wildman–Crippen MR) is 91.3 cm³/mol. The van der Waals surface area contributed by atoms with E-state index in [9.17, 15) is 24.0 Å². The van der Waals surface area contributed by atoms with Crippen LogP contribution in [0.15, 0.2) is 12.2 Å². The first kappa shape index (κ1) is 19.3. The molecule has 2 rings (SSSR count). The minimum absolute atomic E-state index is 0.00626. The number of nitrogens with one attached hydrogen (secondary N) is 1. The molecule has 0 aromatic carbocycles. The number of imide groups is 2. The standard InChI is InChI=1S/C16H21N3O5S/c1-3-11(20)10(17-4-2)8-25-12-7-15(23)19(16(12)24)9-18-13(21)5-6-14(18)22/h5-6,10,12,17H,3-4,7-9H2,1-2H3. The zero-order valence-electron chi connectivity index (χ0n) is 14.2. The third-order valence-electron chi connectivity index (χ3n) is 4.04. The van der Waals surface area contributed by atoms with E-state index in [1.165, 1.54) is 11.8 Å². The Morgan fingerprint density at radius 2 is 1.84 bits per heavy atom. The van der Waals surface area contributed by atoms with Gasteiger partial charge < -0.3 is 5.32 Å². The van der Waals surface area contributed by atoms with E-state index in [-0.39, 0.29) is 24.9 Å². The number of likely N-dealkylation sites (N-methyl/N-ethyl adjacent to an activating group) is 1. The van der Waals surface area contributed by atoms with Gasteiger partial charge in [-0.05, 0) is 6.54 Å². The van der Waals surface area contributed by atoms with Gasteiger partial charge in [-0.2, -0.15) is 0 Å². The number of rotatable bonds is 9. The molecule has 1 saturated heterocycles. The van der Waals surface area contributed by atoms with Crippen LogP contribution in [0.5, 0.6) is 0 Å². The van der Waals surface area contributed by atoms with Crippen LogP contribution < -0.4 is 5.32 Å². The van der Waals surface area contributed by atoms with E-state index < -0.39 is 28.9 Å². The van der Waals surface area contributed by atoms with Crippen LogP contribution in [-0.2, 0) is 24.0 Å². The van der Waals surface area contributed by atoms with Crippen molar-refractivity contribution in [3.63, 3.8) is 0 Å². The van der Waals surface area contributed by atoms with E-state index >= 15 is 0 Å². The Balaban J connectivity index is 1.95. The molecule has 0 saturated carbocycles. The van der Waals surface area contributed by atoms with Crippen molar-refractivity contribution in [3.05, 3.63) is 12.2 Å². The highest BCUT2D eigenvalue weighted by Crippen LogP contribution is 2.26. The normalized spacial score (nSPS) is 21.6. The number of nitrogens with zero attached hydrogens (tertiary/aromatic N) is 2. The number of carbonyl (C=O) groups is 5. The Bertz CT molecular complexity index is 615. The van der Waals surface area contributed by atoms with E-state index in [0.29, 0.717) is 18.7 Å². The van der Waals surface area contributed by atoms with Crippen LogP contribution in [0.3, 0.4) is 0 Å². The van der Waals surface area contributed by atoms with Crippen molar-refractivity contribution in [1.82, 2.24) is 15.1 Å². The van der Waals surface area contributed by atoms with Crippen LogP contribution in [0.1, 0.15) is 26.7 Å². The Kier molecular flexibility index (Phi) is 6.49. The molecule has 0 spiro atoms. The highest BCUT2D eigenvalue weighted by atomic mass is 32.2. The molecule has 2 unspecified atom stereocenters. The monoisotopic (exact) mass is 367 g/mol. The van der Waals surface area contributed by atoms with Crippen LogP contribution in [0.4, 0.5) is 0 Å². The van der Waals surface area contributed by atoms with Crippen LogP contribution >= 0.6 is 11.8 Å². The fourth-order valence-corrected chi connectivity index (χ4v) is 3.87. The van der Waals surface area contributed by atoms with Gasteiger partial charge in [0, 0.05) is 30.7 Å². The molecule has 25 heavy (non-hydrogen) atoms. The number of likely N-dealkylation sites (tertiary alicyclic amines) is 1. The molecular formula is C16H21N3O5S. The lowest BCUT2D eigenvalue weighted by molar-refractivity contribution is -0.146. The number of hydrogen-bond donors (Lipinski definition) is 1. The van der Waals surface area contributed by atoms with Gasteiger partial charge in [0.05, 0.1) is 11.3 Å². The van der Waals surface area contributed by atoms with Gasteiger partial charge >= 0.3 is 0 Å². The Morgan fingerprint density at radius 3 is 2.40 bits per heavy atom. The van der Waals surface area contributed by atoms with E-state index in [1.54, 1.807) is 6.92 Å². The van der Waals surface area contributed by atoms with Crippen LogP contribution in [0.25, 0.3) is 0 Å². The summed E-state index contributed by atoms with van der Waals surface area (Å²) in [5.41, 5.74) is 0. The summed E-state index contributed by atoms with van der Waals surface area (Å²) in [4.78, 5) is 61.4. The lowest BCUT2D eigenvalue weighted by atomic mass is 10.2. The van der Waals surface area contributed by atoms with Gasteiger partial charge in [0.25, 0.3) is 11.8 Å². The summed E-state index contributed by atoms with van der Waals surface area (Å²) in [5.74, 6) is -1.48. The zero-order valence-corrected chi connectivity index (χ0v) is 15.0. The zero-order chi connectivity index (χ0) is 18.6. The van der Waals surface area contributed by atoms with Crippen LogP contribution in [-0.4, -0.2) is 69.5 Å². The molecule has 1 fully saturated rings. The summed E-state index contributed by atoms with van der Waals surface area (Å²) in [6, 6.07) is -0.358. The van der Waals surface area contributed by atoms with Crippen molar-refractivity contribution >= 4 is 41.2 Å². The SMILES string of the molecule is CCNC(CSC1CC(=O)N(CN2C(=O)C=CC2=O)C1=O)C(=O)CC. The molecule has 4 amide bonds. The summed E-state index contributed by atoms with van der Waals surface area (Å²) in [7, 11) is 0. The van der Waals surface area contributed by atoms with Crippen molar-refractivity contribution in [2.24, 2.45) is 0 Å². The Hall–Kier alpha value is -2.00. The smallest absolute Gasteiger partial charge is 0.255 e. The molecular weight excluding hydrogens is 346 g/mol. The summed E-state index contributed by atoms with van der Waals surface area (Å²) >= 11 is 1.25. The van der Waals surface area contributed by atoms with Crippen molar-refractivity contribution in [1.29, 1.82) is 0 Å². The minimum Gasteiger partial charge on any atom is -0.307 e. The Labute approximate surface area is 150 Å². The van der Waals surface area contributed by atoms with Crippen molar-refractivity contribution in [2.45, 2.75) is 38.0 Å². The first-order chi connectivity index (χ1) is 11.9. The first-order valence-electron chi connectivity index (χ1n) is 8.14. The number of amides is 4. The van der Waals surface area contributed by atoms with Gasteiger partial charge in [-0.15, -0.1) is 11.8 Å². The van der Waals surface area contributed by atoms with Gasteiger partial charge in [0.15, 0.2) is 0 Å². The lowest BCUT2D eigenvalue weighted by Crippen LogP contribution is -2.44. The average molecular weight is 367 g/mol. The third-order valence-corrected chi connectivity index (χ3v) is 5.33. The quantitative estimate of drug-likeness (QED) is 0.557. The number of carbonyl (C=O) groups excluding carboxylic acids is 5. The molecule has 8 nitrogen and oxygen atoms in total. The second kappa shape index (κ2) is 8.39. The number of ketones is 1. The summed E-state index contributed by atoms with van der Waals surface area (Å²) in [5, 5.41) is 2.48. The van der Waals surface area contributed by atoms with Gasteiger partial charge in [0.1, 0.15) is 12.5 Å². The van der Waals surface area contributed by atoms with Gasteiger partial charge in [-0.1, -0.05) is 13.8 Å². The van der Waals surface area contributed by atoms with E-state index in [1.807, 2.05) is 6.92 Å². The summed E-state index contributed by atoms with van der Waals surface area (Å²) < 4.78 is 0. The van der Waals surface area contributed by atoms with Crippen molar-refractivity contribution < 1.29 is 24.0 Å². The molecule has 0 radical (unpaired) electrons. The molecule has 2 heterocycles. The lowest BCUT2D eigenvalue weighted by Gasteiger charge is -2.21. The molecule has 0 aromatic heterocycles. The number of hydrogen-bond acceptors (Lipinski definition) is 7. The molecule has 9 heteroatoms. The molecule has 136 valence electrons. The summed E-state index contributed by atoms with van der Waals surface area (Å²) in [6.07, 6.45) is 2.62. The average Bonchev–Trinajstić information content (AvgIpc) is 3.05. The minimum atomic E-state index is -0.598. The number of Topliss-reactive ketones (excluding diaryl/α,β-unsaturated/α-hetero) is 1. The molecule has 2 aliphatic rings. The van der Waals surface area contributed by atoms with Crippen molar-refractivity contribution in [3.8, 4) is 0 Å². The summed E-state index contributed by atoms with van der Waals surface area (Å²) in [6.45, 7) is 3.95. The molecule has 0 bridgehead atoms. The van der Waals surface area contributed by atoms with E-state index in [2.05, 4.69) is 5.32 Å². The maximum atomic E-state index is 12.4. The van der Waals surface area contributed by atoms with Crippen LogP contribution in [0, 0.1) is 0 Å². The second-order valence-electron chi connectivity index (χ2n) is 5.70. The van der Waals surface area contributed by atoms with Gasteiger partial charge in [-0.3, -0.25) is 33.8 Å². The highest BCUT2D eigenvalue weighted by molar-refractivity contribution is 8.00. The fourth-order valence-electron chi connectivity index (χ4n) is 2.61. The molecule has 0 aromatic rings. The third kappa shape index (κ3) is 4.35. The molecule has 0 aliphatic carbocycles. The molecule has 1 N–H and O–H groups in total. The van der Waals surface area contributed by atoms with E-state index in [4.69, 9.17) is 0 Å². The van der Waals surface area contributed by atoms with Gasteiger partial charge in [0.2, 0.25) is 11.8 Å². The Morgan fingerprint density at radius 1 is 1.20 bits per heavy atom. The maximum absolute atomic E-state index is 12.4. The number of thioether (sulfide) groups is 1. The van der Waals surface area contributed by atoms with Crippen molar-refractivity contribution in [2.75, 3.05) is 19.0 Å². The fraction of sp³-hybridized carbons (Fsp3) is 0.562. The topological polar surface area (TPSA) is 104 Å². The van der Waals surface area contributed by atoms with E-state index in [0.717, 1.165) is 22.0 Å². The first-order valence-corrected chi connectivity index (χ1v) is 9.19. The largest absolute Gasteiger partial charge is 0.307 e. The second-order valence-corrected chi connectivity index (χ2v) is 6.93. The molecule has 2 atom stereocenters. The predicted octanol–water partition coefficient (Wildman–Crippen LogP) is -0.313. The highest BCUT2D eigenvalue weighted by Gasteiger charge is 2.41. The van der Waals surface area contributed by atoms with Crippen LogP contribution in [0.2, 0.25) is 0 Å².